The van der Waals surface area contributed by atoms with Crippen molar-refractivity contribution in [3.63, 3.8) is 0 Å². The highest BCUT2D eigenvalue weighted by molar-refractivity contribution is 5.94. The van der Waals surface area contributed by atoms with Gasteiger partial charge in [0.2, 0.25) is 17.7 Å². The summed E-state index contributed by atoms with van der Waals surface area (Å²) in [5.74, 6) is -3.71. The standard InChI is InChI=1S/C25H34F3N5O4/c1-23(2,3)18(31-22(37)25(26,27)28)21(36)33-12-15-8-14(15)10-17(33)20(35)30-16(11-29)9-13-4-5-24(6-7-24)32-19(13)34/h13-18H,4-10,12H2,1-3H3,(H,30,35)(H,31,37)(H,32,34)/t13-,14+,15-,16-,17-,18+/m0/s1. The van der Waals surface area contributed by atoms with E-state index in [4.69, 9.17) is 0 Å². The molecule has 0 bridgehead atoms. The molecule has 0 radical (unpaired) electrons. The van der Waals surface area contributed by atoms with Crippen molar-refractivity contribution in [3.05, 3.63) is 0 Å². The Labute approximate surface area is 213 Å². The van der Waals surface area contributed by atoms with Crippen LogP contribution in [-0.2, 0) is 19.2 Å². The number of alkyl halides is 3. The normalized spacial score (nSPS) is 29.8. The summed E-state index contributed by atoms with van der Waals surface area (Å²) in [5.41, 5.74) is -1.14. The molecule has 4 aliphatic rings. The number of hydrogen-bond acceptors (Lipinski definition) is 5. The van der Waals surface area contributed by atoms with E-state index in [0.717, 1.165) is 25.7 Å². The van der Waals surface area contributed by atoms with Gasteiger partial charge in [-0.3, -0.25) is 19.2 Å². The van der Waals surface area contributed by atoms with Gasteiger partial charge >= 0.3 is 12.1 Å². The van der Waals surface area contributed by atoms with E-state index in [-0.39, 0.29) is 36.2 Å². The first-order chi connectivity index (χ1) is 17.1. The molecule has 2 heterocycles. The number of amides is 4. The first-order valence-electron chi connectivity index (χ1n) is 12.8. The molecule has 204 valence electrons. The van der Waals surface area contributed by atoms with Crippen LogP contribution >= 0.6 is 0 Å². The average Bonchev–Trinajstić information content (AvgIpc) is 3.72. The summed E-state index contributed by atoms with van der Waals surface area (Å²) in [6, 6.07) is -1.39. The van der Waals surface area contributed by atoms with Gasteiger partial charge in [0, 0.05) is 18.0 Å². The molecule has 0 aromatic heterocycles. The highest BCUT2D eigenvalue weighted by Gasteiger charge is 2.53. The first-order valence-corrected chi connectivity index (χ1v) is 12.8. The Morgan fingerprint density at radius 2 is 1.81 bits per heavy atom. The number of nitrogens with zero attached hydrogens (tertiary/aromatic N) is 2. The molecule has 0 unspecified atom stereocenters. The Hall–Kier alpha value is -2.84. The van der Waals surface area contributed by atoms with Crippen LogP contribution in [0.4, 0.5) is 13.2 Å². The molecule has 12 heteroatoms. The third kappa shape index (κ3) is 6.02. The smallest absolute Gasteiger partial charge is 0.350 e. The Morgan fingerprint density at radius 1 is 1.14 bits per heavy atom. The molecule has 2 aliphatic carbocycles. The number of carbonyl (C=O) groups excluding carboxylic acids is 4. The van der Waals surface area contributed by atoms with Crippen LogP contribution < -0.4 is 16.0 Å². The second kappa shape index (κ2) is 9.48. The van der Waals surface area contributed by atoms with Gasteiger partial charge in [-0.05, 0) is 62.2 Å². The zero-order valence-electron chi connectivity index (χ0n) is 21.3. The van der Waals surface area contributed by atoms with Gasteiger partial charge in [0.05, 0.1) is 6.07 Å². The van der Waals surface area contributed by atoms with Crippen molar-refractivity contribution < 1.29 is 32.3 Å². The maximum atomic E-state index is 13.5. The largest absolute Gasteiger partial charge is 0.471 e. The van der Waals surface area contributed by atoms with Crippen molar-refractivity contribution in [2.24, 2.45) is 23.2 Å². The van der Waals surface area contributed by atoms with E-state index in [1.807, 2.05) is 11.4 Å². The Bertz CT molecular complexity index is 1010. The van der Waals surface area contributed by atoms with Gasteiger partial charge in [-0.2, -0.15) is 18.4 Å². The number of piperidine rings is 2. The van der Waals surface area contributed by atoms with Crippen LogP contribution in [0.5, 0.6) is 0 Å². The number of nitrogens with one attached hydrogen (secondary N) is 3. The fourth-order valence-electron chi connectivity index (χ4n) is 5.59. The average molecular weight is 526 g/mol. The van der Waals surface area contributed by atoms with Crippen LogP contribution in [0.1, 0.15) is 65.7 Å². The van der Waals surface area contributed by atoms with Gasteiger partial charge < -0.3 is 20.9 Å². The van der Waals surface area contributed by atoms with Crippen LogP contribution in [0.15, 0.2) is 0 Å². The van der Waals surface area contributed by atoms with Crippen LogP contribution in [-0.4, -0.2) is 64.9 Å². The Morgan fingerprint density at radius 3 is 2.35 bits per heavy atom. The van der Waals surface area contributed by atoms with E-state index < -0.39 is 53.4 Å². The van der Waals surface area contributed by atoms with E-state index in [1.54, 1.807) is 0 Å². The predicted molar refractivity (Wildman–Crippen MR) is 124 cm³/mol. The van der Waals surface area contributed by atoms with Crippen molar-refractivity contribution in [3.8, 4) is 6.07 Å². The molecule has 4 fully saturated rings. The Balaban J connectivity index is 1.45. The van der Waals surface area contributed by atoms with Gasteiger partial charge in [-0.1, -0.05) is 20.8 Å². The first kappa shape index (κ1) is 27.2. The summed E-state index contributed by atoms with van der Waals surface area (Å²) in [4.78, 5) is 52.3. The molecule has 9 nitrogen and oxygen atoms in total. The summed E-state index contributed by atoms with van der Waals surface area (Å²) < 4.78 is 38.9. The summed E-state index contributed by atoms with van der Waals surface area (Å²) in [6.07, 6.45) is -0.513. The molecule has 2 aliphatic heterocycles. The second-order valence-corrected chi connectivity index (χ2v) is 12.2. The SMILES string of the molecule is CC(C)(C)[C@H](NC(=O)C(F)(F)F)C(=O)N1C[C@@H]2C[C@@H]2C[C@H]1C(=O)N[C@H](C#N)C[C@@H]1CCC2(CC2)NC1=O. The van der Waals surface area contributed by atoms with Gasteiger partial charge in [0.15, 0.2) is 0 Å². The summed E-state index contributed by atoms with van der Waals surface area (Å²) in [7, 11) is 0. The third-order valence-corrected chi connectivity index (χ3v) is 8.21. The minimum atomic E-state index is -5.16. The van der Waals surface area contributed by atoms with Gasteiger partial charge in [0.25, 0.3) is 0 Å². The zero-order valence-corrected chi connectivity index (χ0v) is 21.3. The van der Waals surface area contributed by atoms with Gasteiger partial charge in [-0.25, -0.2) is 0 Å². The van der Waals surface area contributed by atoms with Gasteiger partial charge in [-0.15, -0.1) is 0 Å². The van der Waals surface area contributed by atoms with Crippen molar-refractivity contribution in [1.29, 1.82) is 5.26 Å². The topological polar surface area (TPSA) is 131 Å². The summed E-state index contributed by atoms with van der Waals surface area (Å²) in [6.45, 7) is 4.81. The molecule has 3 N–H and O–H groups in total. The Kier molecular flexibility index (Phi) is 6.97. The number of carbonyl (C=O) groups is 4. The third-order valence-electron chi connectivity index (χ3n) is 8.21. The molecular formula is C25H34F3N5O4. The number of likely N-dealkylation sites (tertiary alicyclic amines) is 1. The fourth-order valence-corrected chi connectivity index (χ4v) is 5.59. The summed E-state index contributed by atoms with van der Waals surface area (Å²) >= 11 is 0. The van der Waals surface area contributed by atoms with Crippen molar-refractivity contribution in [1.82, 2.24) is 20.9 Å². The number of fused-ring (bicyclic) bond motifs is 1. The molecule has 0 aromatic rings. The quantitative estimate of drug-likeness (QED) is 0.487. The van der Waals surface area contributed by atoms with E-state index in [0.29, 0.717) is 12.8 Å². The molecule has 37 heavy (non-hydrogen) atoms. The zero-order chi connectivity index (χ0) is 27.3. The number of rotatable bonds is 6. The molecule has 4 rings (SSSR count). The second-order valence-electron chi connectivity index (χ2n) is 12.2. The number of nitriles is 1. The lowest BCUT2D eigenvalue weighted by molar-refractivity contribution is -0.176. The predicted octanol–water partition coefficient (Wildman–Crippen LogP) is 1.77. The molecule has 2 saturated carbocycles. The minimum Gasteiger partial charge on any atom is -0.350 e. The summed E-state index contributed by atoms with van der Waals surface area (Å²) in [5, 5.41) is 17.2. The van der Waals surface area contributed by atoms with Crippen molar-refractivity contribution >= 4 is 23.6 Å². The molecule has 0 aromatic carbocycles. The van der Waals surface area contributed by atoms with Crippen molar-refractivity contribution in [2.75, 3.05) is 6.54 Å². The number of halogens is 3. The maximum absolute atomic E-state index is 13.5. The fraction of sp³-hybridized carbons (Fsp3) is 0.800. The molecule has 1 spiro atoms. The molecule has 4 amide bonds. The van der Waals surface area contributed by atoms with E-state index in [9.17, 15) is 37.6 Å². The van der Waals surface area contributed by atoms with E-state index >= 15 is 0 Å². The lowest BCUT2D eigenvalue weighted by Crippen LogP contribution is -2.62. The van der Waals surface area contributed by atoms with Gasteiger partial charge in [0.1, 0.15) is 18.1 Å². The van der Waals surface area contributed by atoms with Crippen LogP contribution in [0.3, 0.4) is 0 Å². The monoisotopic (exact) mass is 525 g/mol. The lowest BCUT2D eigenvalue weighted by Gasteiger charge is -2.40. The van der Waals surface area contributed by atoms with Crippen LogP contribution in [0.25, 0.3) is 0 Å². The highest BCUT2D eigenvalue weighted by Crippen LogP contribution is 2.48. The highest BCUT2D eigenvalue weighted by atomic mass is 19.4. The van der Waals surface area contributed by atoms with E-state index in [2.05, 4.69) is 10.6 Å². The van der Waals surface area contributed by atoms with Crippen LogP contribution in [0.2, 0.25) is 0 Å². The maximum Gasteiger partial charge on any atom is 0.471 e. The van der Waals surface area contributed by atoms with E-state index in [1.165, 1.54) is 25.7 Å². The number of hydrogen-bond donors (Lipinski definition) is 3. The lowest BCUT2D eigenvalue weighted by atomic mass is 9.84. The minimum absolute atomic E-state index is 0.0894. The van der Waals surface area contributed by atoms with Crippen LogP contribution in [0, 0.1) is 34.5 Å². The molecule has 6 atom stereocenters. The molecular weight excluding hydrogens is 491 g/mol. The molecule has 2 saturated heterocycles. The van der Waals surface area contributed by atoms with Crippen molar-refractivity contribution in [2.45, 2.75) is 95.6 Å².